The van der Waals surface area contributed by atoms with Crippen LogP contribution in [0.3, 0.4) is 0 Å². The van der Waals surface area contributed by atoms with E-state index in [-0.39, 0.29) is 5.78 Å². The molecule has 0 saturated heterocycles. The van der Waals surface area contributed by atoms with Gasteiger partial charge in [0.1, 0.15) is 5.75 Å². The van der Waals surface area contributed by atoms with Crippen molar-refractivity contribution >= 4 is 5.78 Å². The number of ketones is 1. The molecule has 1 aromatic rings. The smallest absolute Gasteiger partial charge is 0.180 e. The summed E-state index contributed by atoms with van der Waals surface area (Å²) in [7, 11) is 1.63. The number of benzene rings is 1. The average Bonchev–Trinajstić information content (AvgIpc) is 2.26. The monoisotopic (exact) mass is 249 g/mol. The Kier molecular flexibility index (Phi) is 4.91. The molecule has 18 heavy (non-hydrogen) atoms. The molecule has 1 rings (SSSR count). The Bertz CT molecular complexity index is 415. The van der Waals surface area contributed by atoms with E-state index in [2.05, 4.69) is 13.8 Å². The van der Waals surface area contributed by atoms with Gasteiger partial charge in [0.25, 0.3) is 0 Å². The first kappa shape index (κ1) is 14.7. The summed E-state index contributed by atoms with van der Waals surface area (Å²) in [5.74, 6) is 1.23. The molecule has 0 radical (unpaired) electrons. The van der Waals surface area contributed by atoms with Crippen LogP contribution in [0.15, 0.2) is 12.1 Å². The molecule has 0 aliphatic rings. The highest BCUT2D eigenvalue weighted by Gasteiger charge is 2.21. The second-order valence-electron chi connectivity index (χ2n) is 5.24. The van der Waals surface area contributed by atoms with Gasteiger partial charge in [0.05, 0.1) is 13.2 Å². The second-order valence-corrected chi connectivity index (χ2v) is 5.24. The molecule has 0 spiro atoms. The third-order valence-electron chi connectivity index (χ3n) is 3.05. The molecule has 1 atom stereocenters. The summed E-state index contributed by atoms with van der Waals surface area (Å²) in [6.07, 6.45) is 0.712. The van der Waals surface area contributed by atoms with Gasteiger partial charge in [-0.05, 0) is 49.4 Å². The second kappa shape index (κ2) is 6.01. The van der Waals surface area contributed by atoms with Crippen molar-refractivity contribution in [1.29, 1.82) is 0 Å². The van der Waals surface area contributed by atoms with Gasteiger partial charge in [0, 0.05) is 5.56 Å². The molecule has 0 amide bonds. The van der Waals surface area contributed by atoms with Gasteiger partial charge in [-0.3, -0.25) is 4.79 Å². The van der Waals surface area contributed by atoms with Gasteiger partial charge in [-0.1, -0.05) is 13.8 Å². The molecule has 2 N–H and O–H groups in total. The van der Waals surface area contributed by atoms with Crippen LogP contribution < -0.4 is 10.5 Å². The maximum atomic E-state index is 12.4. The number of hydrogen-bond donors (Lipinski definition) is 1. The van der Waals surface area contributed by atoms with Crippen LogP contribution in [0.5, 0.6) is 5.75 Å². The van der Waals surface area contributed by atoms with Crippen LogP contribution in [0, 0.1) is 19.8 Å². The lowest BCUT2D eigenvalue weighted by molar-refractivity contribution is 0.0950. The highest BCUT2D eigenvalue weighted by atomic mass is 16.5. The largest absolute Gasteiger partial charge is 0.497 e. The van der Waals surface area contributed by atoms with Crippen molar-refractivity contribution < 1.29 is 9.53 Å². The van der Waals surface area contributed by atoms with Crippen molar-refractivity contribution in [2.45, 2.75) is 40.2 Å². The van der Waals surface area contributed by atoms with E-state index in [1.807, 2.05) is 26.0 Å². The number of ether oxygens (including phenoxy) is 1. The number of hydrogen-bond acceptors (Lipinski definition) is 3. The average molecular weight is 249 g/mol. The van der Waals surface area contributed by atoms with Crippen molar-refractivity contribution in [3.8, 4) is 5.75 Å². The molecule has 0 saturated carbocycles. The lowest BCUT2D eigenvalue weighted by Gasteiger charge is -2.17. The molecule has 0 heterocycles. The highest BCUT2D eigenvalue weighted by molar-refractivity contribution is 6.02. The number of nitrogens with two attached hydrogens (primary N) is 1. The summed E-state index contributed by atoms with van der Waals surface area (Å²) in [6, 6.07) is 3.33. The van der Waals surface area contributed by atoms with E-state index in [4.69, 9.17) is 10.5 Å². The number of carbonyl (C=O) groups is 1. The molecule has 1 unspecified atom stereocenters. The van der Waals surface area contributed by atoms with Crippen LogP contribution in [0.2, 0.25) is 0 Å². The maximum absolute atomic E-state index is 12.4. The van der Waals surface area contributed by atoms with Crippen molar-refractivity contribution in [1.82, 2.24) is 0 Å². The van der Waals surface area contributed by atoms with Crippen LogP contribution >= 0.6 is 0 Å². The molecule has 3 heteroatoms. The Morgan fingerprint density at radius 1 is 1.28 bits per heavy atom. The number of Topliss-reactive ketones (excluding diaryl/α,β-unsaturated/α-hetero) is 1. The van der Waals surface area contributed by atoms with E-state index in [0.29, 0.717) is 12.3 Å². The van der Waals surface area contributed by atoms with Crippen molar-refractivity contribution in [2.24, 2.45) is 11.7 Å². The van der Waals surface area contributed by atoms with Crippen molar-refractivity contribution in [2.75, 3.05) is 7.11 Å². The first-order valence-corrected chi connectivity index (χ1v) is 6.31. The summed E-state index contributed by atoms with van der Waals surface area (Å²) < 4.78 is 5.19. The van der Waals surface area contributed by atoms with E-state index in [1.165, 1.54) is 0 Å². The minimum atomic E-state index is -0.421. The molecule has 1 aromatic carbocycles. The molecule has 100 valence electrons. The SMILES string of the molecule is COc1cc(C)c(C(=O)C(N)CC(C)C)c(C)c1. The van der Waals surface area contributed by atoms with Crippen LogP contribution in [-0.4, -0.2) is 18.9 Å². The van der Waals surface area contributed by atoms with Crippen molar-refractivity contribution in [3.05, 3.63) is 28.8 Å². The molecule has 0 aliphatic carbocycles. The maximum Gasteiger partial charge on any atom is 0.180 e. The van der Waals surface area contributed by atoms with E-state index < -0.39 is 6.04 Å². The zero-order chi connectivity index (χ0) is 13.9. The Morgan fingerprint density at radius 2 is 1.78 bits per heavy atom. The topological polar surface area (TPSA) is 52.3 Å². The fourth-order valence-corrected chi connectivity index (χ4v) is 2.23. The lowest BCUT2D eigenvalue weighted by Crippen LogP contribution is -2.32. The molecule has 3 nitrogen and oxygen atoms in total. The predicted molar refractivity (Wildman–Crippen MR) is 74.2 cm³/mol. The van der Waals surface area contributed by atoms with Crippen LogP contribution in [0.4, 0.5) is 0 Å². The number of methoxy groups -OCH3 is 1. The van der Waals surface area contributed by atoms with E-state index >= 15 is 0 Å². The fraction of sp³-hybridized carbons (Fsp3) is 0.533. The van der Waals surface area contributed by atoms with Gasteiger partial charge >= 0.3 is 0 Å². The Labute approximate surface area is 109 Å². The Morgan fingerprint density at radius 3 is 2.17 bits per heavy atom. The molecule has 0 bridgehead atoms. The fourth-order valence-electron chi connectivity index (χ4n) is 2.23. The Balaban J connectivity index is 3.06. The lowest BCUT2D eigenvalue weighted by atomic mass is 9.91. The quantitative estimate of drug-likeness (QED) is 0.816. The van der Waals surface area contributed by atoms with Gasteiger partial charge in [0.2, 0.25) is 0 Å². The standard InChI is InChI=1S/C15H23NO2/c1-9(2)6-13(16)15(17)14-10(3)7-12(18-5)8-11(14)4/h7-9,13H,6,16H2,1-5H3. The van der Waals surface area contributed by atoms with Gasteiger partial charge in [-0.25, -0.2) is 0 Å². The van der Waals surface area contributed by atoms with Gasteiger partial charge < -0.3 is 10.5 Å². The molecule has 0 aromatic heterocycles. The van der Waals surface area contributed by atoms with E-state index in [0.717, 1.165) is 22.4 Å². The molecule has 0 fully saturated rings. The van der Waals surface area contributed by atoms with E-state index in [1.54, 1.807) is 7.11 Å². The Hall–Kier alpha value is -1.35. The number of rotatable bonds is 5. The zero-order valence-electron chi connectivity index (χ0n) is 11.9. The minimum absolute atomic E-state index is 0.0290. The molecular weight excluding hydrogens is 226 g/mol. The van der Waals surface area contributed by atoms with Gasteiger partial charge in [-0.2, -0.15) is 0 Å². The first-order valence-electron chi connectivity index (χ1n) is 6.31. The molecule has 0 aliphatic heterocycles. The van der Waals surface area contributed by atoms with Crippen LogP contribution in [-0.2, 0) is 0 Å². The normalized spacial score (nSPS) is 12.6. The van der Waals surface area contributed by atoms with Crippen LogP contribution in [0.25, 0.3) is 0 Å². The van der Waals surface area contributed by atoms with Gasteiger partial charge in [-0.15, -0.1) is 0 Å². The summed E-state index contributed by atoms with van der Waals surface area (Å²) in [5, 5.41) is 0. The van der Waals surface area contributed by atoms with Gasteiger partial charge in [0.15, 0.2) is 5.78 Å². The van der Waals surface area contributed by atoms with Crippen LogP contribution in [0.1, 0.15) is 41.8 Å². The highest BCUT2D eigenvalue weighted by Crippen LogP contribution is 2.23. The minimum Gasteiger partial charge on any atom is -0.497 e. The predicted octanol–water partition coefficient (Wildman–Crippen LogP) is 2.87. The summed E-state index contributed by atoms with van der Waals surface area (Å²) in [4.78, 5) is 12.4. The summed E-state index contributed by atoms with van der Waals surface area (Å²) >= 11 is 0. The van der Waals surface area contributed by atoms with Crippen molar-refractivity contribution in [3.63, 3.8) is 0 Å². The summed E-state index contributed by atoms with van der Waals surface area (Å²) in [5.41, 5.74) is 8.57. The first-order chi connectivity index (χ1) is 8.36. The third kappa shape index (κ3) is 3.33. The summed E-state index contributed by atoms with van der Waals surface area (Å²) in [6.45, 7) is 7.98. The molecular formula is C15H23NO2. The third-order valence-corrected chi connectivity index (χ3v) is 3.05. The van der Waals surface area contributed by atoms with E-state index in [9.17, 15) is 4.79 Å². The number of aryl methyl sites for hydroxylation is 2. The zero-order valence-corrected chi connectivity index (χ0v) is 11.9. The number of carbonyl (C=O) groups excluding carboxylic acids is 1.